The van der Waals surface area contributed by atoms with Gasteiger partial charge in [-0.3, -0.25) is 4.79 Å². The second kappa shape index (κ2) is 7.46. The quantitative estimate of drug-likeness (QED) is 0.743. The highest BCUT2D eigenvalue weighted by molar-refractivity contribution is 5.75. The van der Waals surface area contributed by atoms with Crippen molar-refractivity contribution in [2.24, 2.45) is 0 Å². The maximum Gasteiger partial charge on any atom is 0.317 e. The third-order valence-corrected chi connectivity index (χ3v) is 4.10. The lowest BCUT2D eigenvalue weighted by Gasteiger charge is -2.24. The van der Waals surface area contributed by atoms with Gasteiger partial charge in [-0.25, -0.2) is 4.79 Å². The summed E-state index contributed by atoms with van der Waals surface area (Å²) in [6.45, 7) is 2.53. The Morgan fingerprint density at radius 3 is 2.61 bits per heavy atom. The SMILES string of the molecule is CC1(O)CCN(C(=O)NC(CCC(=O)O)Cc2ccccc2)C1. The minimum atomic E-state index is -0.874. The summed E-state index contributed by atoms with van der Waals surface area (Å²) >= 11 is 0. The predicted molar refractivity (Wildman–Crippen MR) is 86.1 cm³/mol. The number of hydrogen-bond acceptors (Lipinski definition) is 3. The molecule has 6 nitrogen and oxygen atoms in total. The van der Waals surface area contributed by atoms with Gasteiger partial charge in [-0.05, 0) is 31.7 Å². The zero-order chi connectivity index (χ0) is 16.9. The predicted octanol–water partition coefficient (Wildman–Crippen LogP) is 1.63. The third-order valence-electron chi connectivity index (χ3n) is 4.10. The van der Waals surface area contributed by atoms with Gasteiger partial charge in [0.1, 0.15) is 0 Å². The number of carboxylic acid groups (broad SMARTS) is 1. The van der Waals surface area contributed by atoms with E-state index in [0.29, 0.717) is 32.4 Å². The van der Waals surface area contributed by atoms with E-state index >= 15 is 0 Å². The largest absolute Gasteiger partial charge is 0.481 e. The fourth-order valence-electron chi connectivity index (χ4n) is 2.81. The summed E-state index contributed by atoms with van der Waals surface area (Å²) in [6.07, 6.45) is 1.53. The molecule has 0 aliphatic carbocycles. The van der Waals surface area contributed by atoms with Crippen molar-refractivity contribution in [2.45, 2.75) is 44.2 Å². The molecule has 6 heteroatoms. The minimum absolute atomic E-state index is 0.00942. The van der Waals surface area contributed by atoms with E-state index in [-0.39, 0.29) is 18.5 Å². The second-order valence-corrected chi connectivity index (χ2v) is 6.44. The molecule has 1 saturated heterocycles. The summed E-state index contributed by atoms with van der Waals surface area (Å²) in [5.41, 5.74) is 0.212. The van der Waals surface area contributed by atoms with Gasteiger partial charge in [0.25, 0.3) is 0 Å². The number of carboxylic acids is 1. The first kappa shape index (κ1) is 17.3. The molecule has 1 aliphatic rings. The maximum absolute atomic E-state index is 12.3. The Kier molecular flexibility index (Phi) is 5.60. The average molecular weight is 320 g/mol. The summed E-state index contributed by atoms with van der Waals surface area (Å²) in [4.78, 5) is 24.7. The number of nitrogens with one attached hydrogen (secondary N) is 1. The van der Waals surface area contributed by atoms with E-state index in [4.69, 9.17) is 5.11 Å². The molecule has 2 rings (SSSR count). The van der Waals surface area contributed by atoms with Crippen molar-refractivity contribution in [3.8, 4) is 0 Å². The van der Waals surface area contributed by atoms with Crippen molar-refractivity contribution < 1.29 is 19.8 Å². The number of amides is 2. The first-order chi connectivity index (χ1) is 10.9. The van der Waals surface area contributed by atoms with Crippen LogP contribution in [-0.2, 0) is 11.2 Å². The van der Waals surface area contributed by atoms with E-state index in [9.17, 15) is 14.7 Å². The van der Waals surface area contributed by atoms with Crippen LogP contribution in [0.1, 0.15) is 31.7 Å². The smallest absolute Gasteiger partial charge is 0.317 e. The van der Waals surface area contributed by atoms with Crippen molar-refractivity contribution in [1.82, 2.24) is 10.2 Å². The standard InChI is InChI=1S/C17H24N2O4/c1-17(23)9-10-19(12-17)16(22)18-14(7-8-15(20)21)11-13-5-3-2-4-6-13/h2-6,14,23H,7-12H2,1H3,(H,18,22)(H,20,21). The zero-order valence-electron chi connectivity index (χ0n) is 13.4. The van der Waals surface area contributed by atoms with Gasteiger partial charge in [0, 0.05) is 19.0 Å². The van der Waals surface area contributed by atoms with E-state index in [1.165, 1.54) is 0 Å². The number of urea groups is 1. The van der Waals surface area contributed by atoms with E-state index < -0.39 is 11.6 Å². The molecule has 23 heavy (non-hydrogen) atoms. The highest BCUT2D eigenvalue weighted by Gasteiger charge is 2.34. The summed E-state index contributed by atoms with van der Waals surface area (Å²) < 4.78 is 0. The number of benzene rings is 1. The van der Waals surface area contributed by atoms with Crippen molar-refractivity contribution in [3.05, 3.63) is 35.9 Å². The number of hydrogen-bond donors (Lipinski definition) is 3. The zero-order valence-corrected chi connectivity index (χ0v) is 13.4. The summed E-state index contributed by atoms with van der Waals surface area (Å²) in [7, 11) is 0. The van der Waals surface area contributed by atoms with Gasteiger partial charge in [0.2, 0.25) is 0 Å². The number of β-amino-alcohol motifs (C(OH)–C–C–N with tert-alkyl or cyclic N) is 1. The number of likely N-dealkylation sites (tertiary alicyclic amines) is 1. The second-order valence-electron chi connectivity index (χ2n) is 6.44. The van der Waals surface area contributed by atoms with Gasteiger partial charge in [-0.15, -0.1) is 0 Å². The number of carbonyl (C=O) groups excluding carboxylic acids is 1. The fourth-order valence-corrected chi connectivity index (χ4v) is 2.81. The molecule has 0 saturated carbocycles. The molecule has 126 valence electrons. The number of rotatable bonds is 6. The first-order valence-electron chi connectivity index (χ1n) is 7.89. The van der Waals surface area contributed by atoms with Gasteiger partial charge in [0.15, 0.2) is 0 Å². The molecular formula is C17H24N2O4. The lowest BCUT2D eigenvalue weighted by molar-refractivity contribution is -0.137. The van der Waals surface area contributed by atoms with Crippen LogP contribution in [0.5, 0.6) is 0 Å². The molecule has 0 radical (unpaired) electrons. The van der Waals surface area contributed by atoms with E-state index in [2.05, 4.69) is 5.32 Å². The third kappa shape index (κ3) is 5.56. The number of nitrogens with zero attached hydrogens (tertiary/aromatic N) is 1. The van der Waals surface area contributed by atoms with Crippen LogP contribution in [-0.4, -0.2) is 51.8 Å². The molecule has 0 bridgehead atoms. The van der Waals surface area contributed by atoms with Crippen LogP contribution in [0.25, 0.3) is 0 Å². The fraction of sp³-hybridized carbons (Fsp3) is 0.529. The highest BCUT2D eigenvalue weighted by atomic mass is 16.4. The van der Waals surface area contributed by atoms with Crippen LogP contribution in [0.3, 0.4) is 0 Å². The number of aliphatic carboxylic acids is 1. The van der Waals surface area contributed by atoms with Crippen molar-refractivity contribution in [2.75, 3.05) is 13.1 Å². The highest BCUT2D eigenvalue weighted by Crippen LogP contribution is 2.20. The maximum atomic E-state index is 12.3. The lowest BCUT2D eigenvalue weighted by Crippen LogP contribution is -2.46. The molecular weight excluding hydrogens is 296 g/mol. The Bertz CT molecular complexity index is 545. The van der Waals surface area contributed by atoms with Gasteiger partial charge in [-0.2, -0.15) is 0 Å². The molecule has 3 N–H and O–H groups in total. The molecule has 1 aromatic carbocycles. The van der Waals surface area contributed by atoms with Crippen molar-refractivity contribution in [1.29, 1.82) is 0 Å². The van der Waals surface area contributed by atoms with Crippen LogP contribution >= 0.6 is 0 Å². The average Bonchev–Trinajstić information content (AvgIpc) is 2.86. The van der Waals surface area contributed by atoms with Crippen LogP contribution in [0.4, 0.5) is 4.79 Å². The van der Waals surface area contributed by atoms with Crippen LogP contribution < -0.4 is 5.32 Å². The molecule has 1 aliphatic heterocycles. The summed E-state index contributed by atoms with van der Waals surface area (Å²) in [5.74, 6) is -0.874. The molecule has 1 fully saturated rings. The van der Waals surface area contributed by atoms with Gasteiger partial charge in [0.05, 0.1) is 12.1 Å². The van der Waals surface area contributed by atoms with E-state index in [0.717, 1.165) is 5.56 Å². The van der Waals surface area contributed by atoms with Gasteiger partial charge < -0.3 is 20.4 Å². The molecule has 2 amide bonds. The Balaban J connectivity index is 1.96. The van der Waals surface area contributed by atoms with Gasteiger partial charge in [-0.1, -0.05) is 30.3 Å². The molecule has 2 unspecified atom stereocenters. The summed E-state index contributed by atoms with van der Waals surface area (Å²) in [6, 6.07) is 9.19. The number of carbonyl (C=O) groups is 2. The first-order valence-corrected chi connectivity index (χ1v) is 7.89. The van der Waals surface area contributed by atoms with Crippen molar-refractivity contribution >= 4 is 12.0 Å². The molecule has 1 heterocycles. The Hall–Kier alpha value is -2.08. The molecule has 0 spiro atoms. The van der Waals surface area contributed by atoms with Crippen molar-refractivity contribution in [3.63, 3.8) is 0 Å². The Labute approximate surface area is 136 Å². The van der Waals surface area contributed by atoms with Crippen LogP contribution in [0, 0.1) is 0 Å². The molecule has 0 aromatic heterocycles. The minimum Gasteiger partial charge on any atom is -0.481 e. The van der Waals surface area contributed by atoms with Crippen LogP contribution in [0.15, 0.2) is 30.3 Å². The molecule has 1 aromatic rings. The van der Waals surface area contributed by atoms with Gasteiger partial charge >= 0.3 is 12.0 Å². The Morgan fingerprint density at radius 1 is 1.35 bits per heavy atom. The van der Waals surface area contributed by atoms with Crippen LogP contribution in [0.2, 0.25) is 0 Å². The Morgan fingerprint density at radius 2 is 2.04 bits per heavy atom. The molecule has 2 atom stereocenters. The van der Waals surface area contributed by atoms with E-state index in [1.807, 2.05) is 30.3 Å². The van der Waals surface area contributed by atoms with E-state index in [1.54, 1.807) is 11.8 Å². The monoisotopic (exact) mass is 320 g/mol. The summed E-state index contributed by atoms with van der Waals surface area (Å²) in [5, 5.41) is 21.8. The lowest BCUT2D eigenvalue weighted by atomic mass is 10.0. The normalized spacial score (nSPS) is 21.9. The number of aliphatic hydroxyl groups is 1. The topological polar surface area (TPSA) is 89.9 Å².